The van der Waals surface area contributed by atoms with Gasteiger partial charge in [0.2, 0.25) is 5.95 Å². The highest BCUT2D eigenvalue weighted by Gasteiger charge is 2.40. The van der Waals surface area contributed by atoms with Gasteiger partial charge in [0.1, 0.15) is 10.4 Å². The lowest BCUT2D eigenvalue weighted by Crippen LogP contribution is -2.41. The fourth-order valence-electron chi connectivity index (χ4n) is 6.21. The Morgan fingerprint density at radius 2 is 1.95 bits per heavy atom. The lowest BCUT2D eigenvalue weighted by Gasteiger charge is -2.35. The van der Waals surface area contributed by atoms with Gasteiger partial charge in [0.15, 0.2) is 0 Å². The van der Waals surface area contributed by atoms with E-state index in [0.29, 0.717) is 12.5 Å². The summed E-state index contributed by atoms with van der Waals surface area (Å²) in [5.74, 6) is 0.767. The number of alkyl halides is 3. The number of nitrogens with zero attached hydrogens (tertiary/aromatic N) is 4. The Morgan fingerprint density at radius 1 is 1.16 bits per heavy atom. The van der Waals surface area contributed by atoms with Crippen molar-refractivity contribution in [2.75, 3.05) is 43.9 Å². The summed E-state index contributed by atoms with van der Waals surface area (Å²) in [6.07, 6.45) is -1.27. The molecule has 1 aromatic carbocycles. The van der Waals surface area contributed by atoms with Crippen molar-refractivity contribution in [3.63, 3.8) is 0 Å². The Morgan fingerprint density at radius 3 is 2.64 bits per heavy atom. The van der Waals surface area contributed by atoms with E-state index in [1.54, 1.807) is 4.90 Å². The zero-order valence-corrected chi connectivity index (χ0v) is 26.2. The number of aromatic nitrogens is 2. The van der Waals surface area contributed by atoms with E-state index < -0.39 is 22.5 Å². The molecule has 7 rings (SSSR count). The van der Waals surface area contributed by atoms with E-state index >= 15 is 0 Å². The Hall–Kier alpha value is -2.87. The number of ether oxygens (including phenoxy) is 1. The van der Waals surface area contributed by atoms with Crippen molar-refractivity contribution >= 4 is 39.7 Å². The Labute approximate surface area is 260 Å². The molecule has 1 atom stereocenters. The molecular weight excluding hydrogens is 612 g/mol. The van der Waals surface area contributed by atoms with Crippen molar-refractivity contribution in [3.8, 4) is 10.6 Å². The Balaban J connectivity index is 1.22. The van der Waals surface area contributed by atoms with Gasteiger partial charge in [-0.3, -0.25) is 13.9 Å². The van der Waals surface area contributed by atoms with Crippen LogP contribution in [0.2, 0.25) is 0 Å². The van der Waals surface area contributed by atoms with E-state index in [2.05, 4.69) is 46.2 Å². The maximum Gasteiger partial charge on any atom is 0.420 e. The van der Waals surface area contributed by atoms with Crippen LogP contribution in [0.4, 0.5) is 24.8 Å². The second-order valence-corrected chi connectivity index (χ2v) is 15.0. The average molecular weight is 646 g/mol. The first kappa shape index (κ1) is 29.8. The molecule has 1 saturated carbocycles. The Kier molecular flexibility index (Phi) is 7.79. The molecule has 2 aromatic heterocycles. The Bertz CT molecular complexity index is 1630. The van der Waals surface area contributed by atoms with Crippen molar-refractivity contribution in [2.45, 2.75) is 62.7 Å². The van der Waals surface area contributed by atoms with Gasteiger partial charge >= 0.3 is 6.18 Å². The lowest BCUT2D eigenvalue weighted by atomic mass is 9.91. The van der Waals surface area contributed by atoms with Gasteiger partial charge < -0.3 is 15.0 Å². The number of carbonyl (C=O) groups is 1. The van der Waals surface area contributed by atoms with Gasteiger partial charge in [-0.05, 0) is 54.0 Å². The maximum atomic E-state index is 14.2. The van der Waals surface area contributed by atoms with Crippen LogP contribution in [0.3, 0.4) is 0 Å². The molecule has 5 heterocycles. The van der Waals surface area contributed by atoms with Gasteiger partial charge in [-0.25, -0.2) is 9.97 Å². The minimum absolute atomic E-state index is 0.0351. The molecule has 3 aliphatic heterocycles. The number of anilines is 2. The summed E-state index contributed by atoms with van der Waals surface area (Å²) in [7, 11) is -1.50. The molecule has 2 fully saturated rings. The van der Waals surface area contributed by atoms with Gasteiger partial charge in [-0.2, -0.15) is 13.2 Å². The number of rotatable bonds is 7. The normalized spacial score (nSPS) is 21.2. The zero-order chi connectivity index (χ0) is 30.7. The second-order valence-electron chi connectivity index (χ2n) is 12.4. The third-order valence-corrected chi connectivity index (χ3v) is 11.4. The van der Waals surface area contributed by atoms with E-state index in [4.69, 9.17) is 4.74 Å². The minimum Gasteiger partial charge on any atom is -0.381 e. The highest BCUT2D eigenvalue weighted by Crippen LogP contribution is 2.43. The topological polar surface area (TPSA) is 87.7 Å². The zero-order valence-electron chi connectivity index (χ0n) is 24.6. The number of amides is 1. The quantitative estimate of drug-likeness (QED) is 0.347. The monoisotopic (exact) mass is 645 g/mol. The van der Waals surface area contributed by atoms with Gasteiger partial charge in [0.25, 0.3) is 5.91 Å². The van der Waals surface area contributed by atoms with E-state index in [0.717, 1.165) is 80.9 Å². The first-order chi connectivity index (χ1) is 21.0. The first-order valence-electron chi connectivity index (χ1n) is 15.1. The number of carbonyl (C=O) groups excluding carboxylic acids is 1. The molecule has 4 aliphatic rings. The van der Waals surface area contributed by atoms with Crippen LogP contribution in [0.1, 0.15) is 64.5 Å². The van der Waals surface area contributed by atoms with E-state index in [9.17, 15) is 22.2 Å². The molecule has 234 valence electrons. The molecule has 0 bridgehead atoms. The van der Waals surface area contributed by atoms with Crippen LogP contribution in [-0.4, -0.2) is 74.5 Å². The summed E-state index contributed by atoms with van der Waals surface area (Å²) in [6.45, 7) is 9.00. The van der Waals surface area contributed by atoms with Crippen molar-refractivity contribution in [2.24, 2.45) is 5.92 Å². The molecule has 3 aromatic rings. The van der Waals surface area contributed by atoms with E-state index in [1.165, 1.54) is 17.2 Å². The van der Waals surface area contributed by atoms with Crippen LogP contribution < -0.4 is 5.32 Å². The summed E-state index contributed by atoms with van der Waals surface area (Å²) >= 11 is 0.930. The first-order valence-corrected chi connectivity index (χ1v) is 17.2. The third kappa shape index (κ3) is 5.79. The maximum absolute atomic E-state index is 14.2. The molecule has 0 spiro atoms. The molecule has 1 N–H and O–H groups in total. The van der Waals surface area contributed by atoms with Crippen LogP contribution >= 0.6 is 11.3 Å². The van der Waals surface area contributed by atoms with Crippen molar-refractivity contribution in [1.29, 1.82) is 0 Å². The van der Waals surface area contributed by atoms with Crippen molar-refractivity contribution in [3.05, 3.63) is 51.5 Å². The SMILES string of the molecule is CC(C)c1cc2c(cc1Nc1ncc(C(F)(F)F)c(-c3cc4c(s3)C(=O)N(C3CC3)CCS4=O)n1)CCN(CC1COC1)C2. The average Bonchev–Trinajstić information content (AvgIpc) is 3.71. The molecule has 0 radical (unpaired) electrons. The number of fused-ring (bicyclic) bond motifs is 2. The molecule has 1 amide bonds. The predicted molar refractivity (Wildman–Crippen MR) is 163 cm³/mol. The number of halogens is 3. The largest absolute Gasteiger partial charge is 0.420 e. The summed E-state index contributed by atoms with van der Waals surface area (Å²) < 4.78 is 61.1. The number of benzene rings is 1. The number of thiophene rings is 1. The highest BCUT2D eigenvalue weighted by molar-refractivity contribution is 7.85. The highest BCUT2D eigenvalue weighted by atomic mass is 32.2. The molecule has 44 heavy (non-hydrogen) atoms. The van der Waals surface area contributed by atoms with Crippen molar-refractivity contribution in [1.82, 2.24) is 19.8 Å². The van der Waals surface area contributed by atoms with Crippen LogP contribution in [0.15, 0.2) is 29.3 Å². The molecule has 1 saturated heterocycles. The fraction of sp³-hybridized carbons (Fsp3) is 0.516. The van der Waals surface area contributed by atoms with Crippen molar-refractivity contribution < 1.29 is 26.9 Å². The summed E-state index contributed by atoms with van der Waals surface area (Å²) in [5, 5.41) is 3.22. The summed E-state index contributed by atoms with van der Waals surface area (Å²) in [6, 6.07) is 5.84. The van der Waals surface area contributed by atoms with Crippen LogP contribution in [-0.2, 0) is 34.7 Å². The number of hydrogen-bond acceptors (Lipinski definition) is 8. The van der Waals surface area contributed by atoms with Gasteiger partial charge in [0, 0.05) is 55.8 Å². The van der Waals surface area contributed by atoms with Crippen LogP contribution in [0, 0.1) is 5.92 Å². The van der Waals surface area contributed by atoms with Gasteiger partial charge in [-0.15, -0.1) is 11.3 Å². The van der Waals surface area contributed by atoms with Gasteiger partial charge in [-0.1, -0.05) is 19.9 Å². The van der Waals surface area contributed by atoms with E-state index in [-0.39, 0.29) is 49.9 Å². The molecule has 1 aliphatic carbocycles. The smallest absolute Gasteiger partial charge is 0.381 e. The fourth-order valence-corrected chi connectivity index (χ4v) is 8.83. The molecule has 13 heteroatoms. The van der Waals surface area contributed by atoms with E-state index in [1.807, 2.05) is 0 Å². The second kappa shape index (κ2) is 11.5. The molecular formula is C31H34F3N5O3S2. The summed E-state index contributed by atoms with van der Waals surface area (Å²) in [4.78, 5) is 26.6. The molecule has 1 unspecified atom stereocenters. The third-order valence-electron chi connectivity index (χ3n) is 8.79. The minimum atomic E-state index is -4.72. The number of hydrogen-bond donors (Lipinski definition) is 1. The molecule has 8 nitrogen and oxygen atoms in total. The van der Waals surface area contributed by atoms with Crippen LogP contribution in [0.25, 0.3) is 10.6 Å². The number of nitrogens with one attached hydrogen (secondary N) is 1. The standard InChI is InChI=1S/C31H34F3N5O3S2/c1-17(2)22-9-20-14-38(13-18-15-42-16-18)6-5-19(20)10-24(22)36-30-35-12-23(31(32,33)34)27(37-30)25-11-26-28(43-25)29(40)39(21-3-4-21)7-8-44(26)41/h9-12,17-18,21H,3-8,13-16H2,1-2H3,(H,35,36,37). The van der Waals surface area contributed by atoms with Gasteiger partial charge in [0.05, 0.1) is 39.5 Å². The predicted octanol–water partition coefficient (Wildman–Crippen LogP) is 5.82. The summed E-state index contributed by atoms with van der Waals surface area (Å²) in [5.41, 5.74) is 2.94. The van der Waals surface area contributed by atoms with Crippen LogP contribution in [0.5, 0.6) is 0 Å². The lowest BCUT2D eigenvalue weighted by molar-refractivity contribution is -0.137.